The molecule has 0 aliphatic rings. The fourth-order valence-corrected chi connectivity index (χ4v) is 1.68. The smallest absolute Gasteiger partial charge is 0.328 e. The molecule has 1 aromatic carbocycles. The van der Waals surface area contributed by atoms with Gasteiger partial charge < -0.3 is 10.1 Å². The van der Waals surface area contributed by atoms with Gasteiger partial charge in [0.15, 0.2) is 0 Å². The first kappa shape index (κ1) is 14.7. The topological polar surface area (TPSA) is 55.4 Å². The van der Waals surface area contributed by atoms with E-state index in [-0.39, 0.29) is 15.6 Å². The minimum Gasteiger partial charge on any atom is -0.467 e. The molecule has 7 heteroatoms. The number of nitrogens with one attached hydrogen (secondary N) is 1. The second-order valence-corrected chi connectivity index (χ2v) is 4.28. The molecule has 1 atom stereocenters. The van der Waals surface area contributed by atoms with Gasteiger partial charge in [-0.25, -0.2) is 9.18 Å². The number of methoxy groups -OCH3 is 1. The molecule has 4 nitrogen and oxygen atoms in total. The Morgan fingerprint density at radius 2 is 1.94 bits per heavy atom. The fourth-order valence-electron chi connectivity index (χ4n) is 1.21. The van der Waals surface area contributed by atoms with Crippen LogP contribution in [0.1, 0.15) is 17.3 Å². The van der Waals surface area contributed by atoms with Crippen LogP contribution in [0.4, 0.5) is 4.39 Å². The monoisotopic (exact) mass is 293 g/mol. The first-order chi connectivity index (χ1) is 8.36. The summed E-state index contributed by atoms with van der Waals surface area (Å²) >= 11 is 11.3. The van der Waals surface area contributed by atoms with Crippen molar-refractivity contribution in [3.8, 4) is 0 Å². The molecule has 0 bridgehead atoms. The molecule has 0 radical (unpaired) electrons. The first-order valence-corrected chi connectivity index (χ1v) is 5.65. The maximum atomic E-state index is 13.2. The number of hydrogen-bond acceptors (Lipinski definition) is 3. The number of hydrogen-bond donors (Lipinski definition) is 1. The van der Waals surface area contributed by atoms with Crippen LogP contribution in [0.15, 0.2) is 12.1 Å². The molecule has 0 spiro atoms. The molecule has 0 heterocycles. The van der Waals surface area contributed by atoms with Gasteiger partial charge in [0.25, 0.3) is 5.91 Å². The summed E-state index contributed by atoms with van der Waals surface area (Å²) in [5, 5.41) is 2.14. The highest BCUT2D eigenvalue weighted by atomic mass is 35.5. The number of rotatable bonds is 3. The highest BCUT2D eigenvalue weighted by molar-refractivity contribution is 6.36. The van der Waals surface area contributed by atoms with Gasteiger partial charge in [-0.05, 0) is 19.1 Å². The summed E-state index contributed by atoms with van der Waals surface area (Å²) in [6, 6.07) is 1.16. The molecule has 0 aliphatic carbocycles. The number of esters is 1. The van der Waals surface area contributed by atoms with E-state index < -0.39 is 23.7 Å². The van der Waals surface area contributed by atoms with E-state index in [0.717, 1.165) is 12.1 Å². The van der Waals surface area contributed by atoms with Crippen molar-refractivity contribution in [2.24, 2.45) is 0 Å². The van der Waals surface area contributed by atoms with E-state index in [0.29, 0.717) is 0 Å². The molecule has 1 N–H and O–H groups in total. The summed E-state index contributed by atoms with van der Waals surface area (Å²) in [6.07, 6.45) is 0. The number of halogens is 3. The molecule has 0 saturated carbocycles. The van der Waals surface area contributed by atoms with Crippen molar-refractivity contribution in [3.05, 3.63) is 33.6 Å². The summed E-state index contributed by atoms with van der Waals surface area (Å²) in [4.78, 5) is 22.9. The SMILES string of the molecule is COC(=O)[C@@H](C)NC(=O)c1cc(F)c(Cl)cc1Cl. The van der Waals surface area contributed by atoms with Crippen molar-refractivity contribution < 1.29 is 18.7 Å². The first-order valence-electron chi connectivity index (χ1n) is 4.90. The van der Waals surface area contributed by atoms with E-state index in [1.54, 1.807) is 0 Å². The molecule has 0 aliphatic heterocycles. The van der Waals surface area contributed by atoms with Gasteiger partial charge in [0.1, 0.15) is 11.9 Å². The quantitative estimate of drug-likeness (QED) is 0.688. The lowest BCUT2D eigenvalue weighted by molar-refractivity contribution is -0.142. The zero-order valence-corrected chi connectivity index (χ0v) is 11.1. The third-order valence-corrected chi connectivity index (χ3v) is 2.76. The van der Waals surface area contributed by atoms with Crippen molar-refractivity contribution in [1.29, 1.82) is 0 Å². The largest absolute Gasteiger partial charge is 0.467 e. The molecule has 18 heavy (non-hydrogen) atoms. The Labute approximate surface area is 113 Å². The summed E-state index contributed by atoms with van der Waals surface area (Å²) in [5.74, 6) is -2.07. The molecular weight excluding hydrogens is 284 g/mol. The molecular formula is C11H10Cl2FNO3. The van der Waals surface area contributed by atoms with E-state index in [1.807, 2.05) is 0 Å². The number of carbonyl (C=O) groups excluding carboxylic acids is 2. The Kier molecular flexibility index (Phi) is 4.93. The van der Waals surface area contributed by atoms with Crippen LogP contribution in [0.3, 0.4) is 0 Å². The van der Waals surface area contributed by atoms with Gasteiger partial charge in [0.2, 0.25) is 0 Å². The molecule has 0 aromatic heterocycles. The van der Waals surface area contributed by atoms with Crippen LogP contribution in [0, 0.1) is 5.82 Å². The lowest BCUT2D eigenvalue weighted by atomic mass is 10.2. The van der Waals surface area contributed by atoms with E-state index in [2.05, 4.69) is 10.1 Å². The van der Waals surface area contributed by atoms with Gasteiger partial charge in [-0.2, -0.15) is 0 Å². The van der Waals surface area contributed by atoms with Crippen LogP contribution in [0.2, 0.25) is 10.0 Å². The Bertz CT molecular complexity index is 493. The van der Waals surface area contributed by atoms with Crippen molar-refractivity contribution in [1.82, 2.24) is 5.32 Å². The minimum absolute atomic E-state index is 0.00374. The molecule has 1 rings (SSSR count). The average molecular weight is 294 g/mol. The Morgan fingerprint density at radius 3 is 2.50 bits per heavy atom. The van der Waals surface area contributed by atoms with Crippen LogP contribution >= 0.6 is 23.2 Å². The predicted octanol–water partition coefficient (Wildman–Crippen LogP) is 2.42. The zero-order chi connectivity index (χ0) is 13.9. The summed E-state index contributed by atoms with van der Waals surface area (Å²) < 4.78 is 17.7. The lowest BCUT2D eigenvalue weighted by Gasteiger charge is -2.12. The molecule has 0 saturated heterocycles. The third-order valence-electron chi connectivity index (χ3n) is 2.16. The average Bonchev–Trinajstić information content (AvgIpc) is 2.32. The maximum absolute atomic E-state index is 13.2. The van der Waals surface area contributed by atoms with Crippen LogP contribution in [0.25, 0.3) is 0 Å². The summed E-state index contributed by atoms with van der Waals surface area (Å²) in [5.41, 5.74) is -0.102. The highest BCUT2D eigenvalue weighted by Gasteiger charge is 2.19. The highest BCUT2D eigenvalue weighted by Crippen LogP contribution is 2.24. The Hall–Kier alpha value is -1.33. The summed E-state index contributed by atoms with van der Waals surface area (Å²) in [7, 11) is 1.19. The van der Waals surface area contributed by atoms with Crippen LogP contribution in [0.5, 0.6) is 0 Å². The number of carbonyl (C=O) groups is 2. The summed E-state index contributed by atoms with van der Waals surface area (Å²) in [6.45, 7) is 1.43. The standard InChI is InChI=1S/C11H10Cl2FNO3/c1-5(11(17)18-2)15-10(16)6-3-9(14)8(13)4-7(6)12/h3-5H,1-2H3,(H,15,16)/t5-/m1/s1. The zero-order valence-electron chi connectivity index (χ0n) is 9.59. The number of benzene rings is 1. The van der Waals surface area contributed by atoms with Gasteiger partial charge in [-0.1, -0.05) is 23.2 Å². The molecule has 0 fully saturated rings. The van der Waals surface area contributed by atoms with Crippen molar-refractivity contribution in [3.63, 3.8) is 0 Å². The molecule has 1 aromatic rings. The van der Waals surface area contributed by atoms with E-state index in [4.69, 9.17) is 23.2 Å². The van der Waals surface area contributed by atoms with Crippen LogP contribution < -0.4 is 5.32 Å². The lowest BCUT2D eigenvalue weighted by Crippen LogP contribution is -2.39. The second-order valence-electron chi connectivity index (χ2n) is 3.46. The molecule has 98 valence electrons. The van der Waals surface area contributed by atoms with Crippen LogP contribution in [-0.4, -0.2) is 25.0 Å². The van der Waals surface area contributed by atoms with Crippen LogP contribution in [-0.2, 0) is 9.53 Å². The van der Waals surface area contributed by atoms with E-state index >= 15 is 0 Å². The van der Waals surface area contributed by atoms with Crippen molar-refractivity contribution in [2.75, 3.05) is 7.11 Å². The number of amides is 1. The third kappa shape index (κ3) is 3.34. The molecule has 1 amide bonds. The predicted molar refractivity (Wildman–Crippen MR) is 65.4 cm³/mol. The van der Waals surface area contributed by atoms with E-state index in [9.17, 15) is 14.0 Å². The second kappa shape index (κ2) is 6.02. The minimum atomic E-state index is -0.864. The van der Waals surface area contributed by atoms with Crippen molar-refractivity contribution >= 4 is 35.1 Å². The van der Waals surface area contributed by atoms with Crippen molar-refractivity contribution in [2.45, 2.75) is 13.0 Å². The fraction of sp³-hybridized carbons (Fsp3) is 0.273. The van der Waals surface area contributed by atoms with Gasteiger partial charge in [-0.15, -0.1) is 0 Å². The molecule has 0 unspecified atom stereocenters. The van der Waals surface area contributed by atoms with E-state index in [1.165, 1.54) is 14.0 Å². The van der Waals surface area contributed by atoms with Gasteiger partial charge in [-0.3, -0.25) is 4.79 Å². The normalized spacial score (nSPS) is 11.8. The Balaban J connectivity index is 2.91. The Morgan fingerprint density at radius 1 is 1.33 bits per heavy atom. The van der Waals surface area contributed by atoms with Gasteiger partial charge >= 0.3 is 5.97 Å². The van der Waals surface area contributed by atoms with Gasteiger partial charge in [0.05, 0.1) is 22.7 Å². The van der Waals surface area contributed by atoms with Gasteiger partial charge in [0, 0.05) is 0 Å². The maximum Gasteiger partial charge on any atom is 0.328 e. The number of ether oxygens (including phenoxy) is 1.